The number of amides is 2. The average molecular weight is 292 g/mol. The maximum absolute atomic E-state index is 12.0. The second-order valence-electron chi connectivity index (χ2n) is 3.76. The van der Waals surface area contributed by atoms with Crippen LogP contribution in [0, 0.1) is 0 Å². The molecule has 106 valence electrons. The van der Waals surface area contributed by atoms with Gasteiger partial charge in [-0.05, 0) is 43.4 Å². The summed E-state index contributed by atoms with van der Waals surface area (Å²) in [5, 5.41) is 2.62. The Balaban J connectivity index is 0.00000200. The molecule has 2 heterocycles. The third kappa shape index (κ3) is 3.21. The van der Waals surface area contributed by atoms with Gasteiger partial charge in [-0.2, -0.15) is 0 Å². The van der Waals surface area contributed by atoms with E-state index in [1.165, 1.54) is 11.0 Å². The van der Waals surface area contributed by atoms with Gasteiger partial charge in [0.1, 0.15) is 11.3 Å². The van der Waals surface area contributed by atoms with E-state index in [0.717, 1.165) is 0 Å². The van der Waals surface area contributed by atoms with Gasteiger partial charge < -0.3 is 4.42 Å². The van der Waals surface area contributed by atoms with Gasteiger partial charge in [-0.3, -0.25) is 19.8 Å². The summed E-state index contributed by atoms with van der Waals surface area (Å²) >= 11 is 4.92. The largest absolute Gasteiger partial charge is 0.465 e. The van der Waals surface area contributed by atoms with E-state index in [1.807, 2.05) is 0 Å². The molecule has 0 saturated carbocycles. The molecular weight excluding hydrogens is 276 g/mol. The van der Waals surface area contributed by atoms with E-state index in [2.05, 4.69) is 5.32 Å². The number of nitrogens with one attached hydrogen (secondary N) is 1. The second kappa shape index (κ2) is 6.81. The van der Waals surface area contributed by atoms with Gasteiger partial charge in [0, 0.05) is 6.54 Å². The van der Waals surface area contributed by atoms with Crippen LogP contribution in [0.4, 0.5) is 0 Å². The molecule has 0 radical (unpaired) electrons. The number of allylic oxidation sites excluding steroid dienone is 2. The molecule has 1 N–H and O–H groups in total. The quantitative estimate of drug-likeness (QED) is 0.526. The van der Waals surface area contributed by atoms with E-state index >= 15 is 0 Å². The number of likely N-dealkylation sites (N-methyl/N-ethyl adjacent to an activating group) is 1. The van der Waals surface area contributed by atoms with Crippen molar-refractivity contribution < 1.29 is 14.0 Å². The number of hydrogen-bond donors (Lipinski definition) is 1. The zero-order chi connectivity index (χ0) is 13.8. The molecule has 0 atom stereocenters. The molecule has 1 aliphatic rings. The first kappa shape index (κ1) is 15.8. The highest BCUT2D eigenvalue weighted by atomic mass is 32.1. The second-order valence-corrected chi connectivity index (χ2v) is 4.15. The van der Waals surface area contributed by atoms with Crippen molar-refractivity contribution in [3.05, 3.63) is 41.9 Å². The Hall–Kier alpha value is -2.21. The van der Waals surface area contributed by atoms with Gasteiger partial charge in [0.15, 0.2) is 5.11 Å². The number of carbonyl (C=O) groups is 2. The molecule has 0 aliphatic carbocycles. The van der Waals surface area contributed by atoms with Crippen molar-refractivity contribution in [1.82, 2.24) is 10.2 Å². The highest BCUT2D eigenvalue weighted by Crippen LogP contribution is 2.10. The summed E-state index contributed by atoms with van der Waals surface area (Å²) in [6.07, 6.45) is 6.25. The summed E-state index contributed by atoms with van der Waals surface area (Å²) in [7, 11) is 0. The minimum Gasteiger partial charge on any atom is -0.465 e. The van der Waals surface area contributed by atoms with Crippen LogP contribution in [-0.2, 0) is 9.59 Å². The van der Waals surface area contributed by atoms with Gasteiger partial charge in [0.2, 0.25) is 0 Å². The van der Waals surface area contributed by atoms with Crippen LogP contribution in [-0.4, -0.2) is 28.4 Å². The predicted molar refractivity (Wildman–Crippen MR) is 80.7 cm³/mol. The summed E-state index contributed by atoms with van der Waals surface area (Å²) in [5.74, 6) is -0.229. The van der Waals surface area contributed by atoms with Crippen LogP contribution in [0.15, 0.2) is 40.5 Å². The highest BCUT2D eigenvalue weighted by molar-refractivity contribution is 7.80. The average Bonchev–Trinajstić information content (AvgIpc) is 2.86. The smallest absolute Gasteiger partial charge is 0.265 e. The molecule has 0 unspecified atom stereocenters. The van der Waals surface area contributed by atoms with E-state index < -0.39 is 5.91 Å². The number of carbonyl (C=O) groups excluding carboxylic acids is 2. The Morgan fingerprint density at radius 2 is 2.20 bits per heavy atom. The summed E-state index contributed by atoms with van der Waals surface area (Å²) < 4.78 is 5.10. The molecule has 20 heavy (non-hydrogen) atoms. The van der Waals surface area contributed by atoms with Crippen molar-refractivity contribution in [3.8, 4) is 0 Å². The van der Waals surface area contributed by atoms with E-state index in [0.29, 0.717) is 12.3 Å². The van der Waals surface area contributed by atoms with Crippen molar-refractivity contribution in [2.45, 2.75) is 14.4 Å². The van der Waals surface area contributed by atoms with Gasteiger partial charge in [-0.25, -0.2) is 0 Å². The number of thiocarbonyl (C=S) groups is 1. The van der Waals surface area contributed by atoms with Crippen molar-refractivity contribution in [1.29, 1.82) is 0 Å². The fraction of sp³-hybridized carbons (Fsp3) is 0.214. The zero-order valence-electron chi connectivity index (χ0n) is 10.3. The van der Waals surface area contributed by atoms with E-state index in [4.69, 9.17) is 16.6 Å². The first-order valence-electron chi connectivity index (χ1n) is 5.72. The molecule has 5 nitrogen and oxygen atoms in total. The molecule has 2 rings (SSSR count). The number of furan rings is 1. The van der Waals surface area contributed by atoms with E-state index in [1.54, 1.807) is 37.5 Å². The predicted octanol–water partition coefficient (Wildman–Crippen LogP) is 2.12. The van der Waals surface area contributed by atoms with Crippen molar-refractivity contribution >= 4 is 35.2 Å². The van der Waals surface area contributed by atoms with Crippen LogP contribution in [0.1, 0.15) is 20.1 Å². The highest BCUT2D eigenvalue weighted by Gasteiger charge is 2.31. The van der Waals surface area contributed by atoms with Crippen LogP contribution < -0.4 is 5.32 Å². The van der Waals surface area contributed by atoms with Crippen molar-refractivity contribution in [3.63, 3.8) is 0 Å². The lowest BCUT2D eigenvalue weighted by molar-refractivity contribution is -0.128. The SMILES string of the molecule is C.CCN1C(=O)/C(=C\C=C\c2ccco2)C(=O)NC1=S. The molecule has 1 aromatic heterocycles. The first-order chi connectivity index (χ1) is 9.13. The van der Waals surface area contributed by atoms with Crippen LogP contribution in [0.3, 0.4) is 0 Å². The van der Waals surface area contributed by atoms with Crippen LogP contribution in [0.5, 0.6) is 0 Å². The summed E-state index contributed by atoms with van der Waals surface area (Å²) in [6.45, 7) is 2.20. The lowest BCUT2D eigenvalue weighted by Crippen LogP contribution is -2.53. The molecule has 1 saturated heterocycles. The molecule has 2 amide bonds. The fourth-order valence-corrected chi connectivity index (χ4v) is 1.93. The van der Waals surface area contributed by atoms with Gasteiger partial charge >= 0.3 is 0 Å². The molecule has 0 aromatic carbocycles. The normalized spacial score (nSPS) is 17.6. The minimum absolute atomic E-state index is 0. The Kier molecular flexibility index (Phi) is 5.40. The Labute approximate surface area is 122 Å². The van der Waals surface area contributed by atoms with Crippen LogP contribution >= 0.6 is 12.2 Å². The van der Waals surface area contributed by atoms with Gasteiger partial charge in [0.25, 0.3) is 11.8 Å². The number of hydrogen-bond acceptors (Lipinski definition) is 4. The van der Waals surface area contributed by atoms with Gasteiger partial charge in [0.05, 0.1) is 6.26 Å². The zero-order valence-corrected chi connectivity index (χ0v) is 11.1. The third-order valence-electron chi connectivity index (χ3n) is 2.57. The summed E-state index contributed by atoms with van der Waals surface area (Å²) in [5.41, 5.74) is 0.0539. The molecule has 1 aliphatic heterocycles. The Morgan fingerprint density at radius 3 is 2.80 bits per heavy atom. The monoisotopic (exact) mass is 292 g/mol. The lowest BCUT2D eigenvalue weighted by atomic mass is 10.1. The molecule has 1 fully saturated rings. The molecule has 6 heteroatoms. The molecule has 0 bridgehead atoms. The molecule has 1 aromatic rings. The van der Waals surface area contributed by atoms with E-state index in [9.17, 15) is 9.59 Å². The lowest BCUT2D eigenvalue weighted by Gasteiger charge is -2.27. The fourth-order valence-electron chi connectivity index (χ4n) is 1.63. The van der Waals surface area contributed by atoms with Crippen molar-refractivity contribution in [2.75, 3.05) is 6.54 Å². The summed E-state index contributed by atoms with van der Waals surface area (Å²) in [6, 6.07) is 3.52. The summed E-state index contributed by atoms with van der Waals surface area (Å²) in [4.78, 5) is 25.1. The third-order valence-corrected chi connectivity index (χ3v) is 2.89. The van der Waals surface area contributed by atoms with Crippen LogP contribution in [0.25, 0.3) is 6.08 Å². The first-order valence-corrected chi connectivity index (χ1v) is 6.13. The molecule has 0 spiro atoms. The number of rotatable bonds is 3. The standard InChI is InChI=1S/C13H12N2O3S.CH4/c1-2-15-12(17)10(11(16)14-13(15)19)7-3-5-9-6-4-8-18-9;/h3-8H,2H2,1H3,(H,14,16,19);1H4/b5-3+,10-7-;. The topological polar surface area (TPSA) is 62.6 Å². The van der Waals surface area contributed by atoms with Gasteiger partial charge in [-0.15, -0.1) is 0 Å². The Morgan fingerprint density at radius 1 is 1.45 bits per heavy atom. The minimum atomic E-state index is -0.483. The molecular formula is C14H16N2O3S. The van der Waals surface area contributed by atoms with Crippen molar-refractivity contribution in [2.24, 2.45) is 0 Å². The van der Waals surface area contributed by atoms with E-state index in [-0.39, 0.29) is 24.0 Å². The Bertz CT molecular complexity index is 573. The maximum Gasteiger partial charge on any atom is 0.265 e. The van der Waals surface area contributed by atoms with Crippen LogP contribution in [0.2, 0.25) is 0 Å². The maximum atomic E-state index is 12.0. The number of nitrogens with zero attached hydrogens (tertiary/aromatic N) is 1. The van der Waals surface area contributed by atoms with Gasteiger partial charge in [-0.1, -0.05) is 13.5 Å².